The molecule has 2 aliphatic rings. The number of carbonyl (C=O) groups is 2. The van der Waals surface area contributed by atoms with Crippen LogP contribution >= 0.6 is 0 Å². The minimum Gasteiger partial charge on any atom is -0.465 e. The number of nitrogens with one attached hydrogen (secondary N) is 3. The lowest BCUT2D eigenvalue weighted by molar-refractivity contribution is -0.145. The van der Waals surface area contributed by atoms with Crippen LogP contribution in [0.4, 0.5) is 4.79 Å². The van der Waals surface area contributed by atoms with E-state index < -0.39 is 41.9 Å². The van der Waals surface area contributed by atoms with Crippen molar-refractivity contribution in [3.63, 3.8) is 0 Å². The molecule has 4 rings (SSSR count). The van der Waals surface area contributed by atoms with Crippen LogP contribution in [-0.4, -0.2) is 75.4 Å². The van der Waals surface area contributed by atoms with Gasteiger partial charge < -0.3 is 36.4 Å². The number of carboxylic acid groups (broad SMARTS) is 1. The Balaban J connectivity index is 1.37. The van der Waals surface area contributed by atoms with Gasteiger partial charge in [0, 0.05) is 13.1 Å². The summed E-state index contributed by atoms with van der Waals surface area (Å²) in [7, 11) is 0. The van der Waals surface area contributed by atoms with Gasteiger partial charge in [-0.2, -0.15) is 0 Å². The van der Waals surface area contributed by atoms with Gasteiger partial charge >= 0.3 is 6.09 Å². The van der Waals surface area contributed by atoms with Crippen LogP contribution in [0.3, 0.4) is 0 Å². The molecule has 2 fully saturated rings. The van der Waals surface area contributed by atoms with Gasteiger partial charge in [0.15, 0.2) is 0 Å². The first-order valence-electron chi connectivity index (χ1n) is 13.9. The summed E-state index contributed by atoms with van der Waals surface area (Å²) in [6, 6.07) is 17.4. The summed E-state index contributed by atoms with van der Waals surface area (Å²) in [5, 5.41) is 50.8. The number of carbonyl (C=O) groups excluding carboxylic acids is 1. The van der Waals surface area contributed by atoms with Crippen molar-refractivity contribution in [3.8, 4) is 0 Å². The fraction of sp³-hybridized carbons (Fsp3) is 0.533. The van der Waals surface area contributed by atoms with Crippen molar-refractivity contribution in [1.29, 1.82) is 0 Å². The first-order chi connectivity index (χ1) is 18.8. The molecule has 2 aromatic rings. The van der Waals surface area contributed by atoms with Crippen LogP contribution in [0.5, 0.6) is 0 Å². The Kier molecular flexibility index (Phi) is 9.96. The lowest BCUT2D eigenvalue weighted by atomic mass is 9.86. The molecule has 4 unspecified atom stereocenters. The summed E-state index contributed by atoms with van der Waals surface area (Å²) in [4.78, 5) is 24.7. The lowest BCUT2D eigenvalue weighted by Crippen LogP contribution is -2.57. The van der Waals surface area contributed by atoms with Gasteiger partial charge in [0.05, 0.1) is 24.3 Å². The molecule has 39 heavy (non-hydrogen) atoms. The minimum atomic E-state index is -1.41. The zero-order valence-corrected chi connectivity index (χ0v) is 22.2. The van der Waals surface area contributed by atoms with Crippen molar-refractivity contribution >= 4 is 12.0 Å². The Morgan fingerprint density at radius 3 is 1.90 bits per heavy atom. The van der Waals surface area contributed by atoms with E-state index in [2.05, 4.69) is 16.0 Å². The summed E-state index contributed by atoms with van der Waals surface area (Å²) >= 11 is 0. The van der Waals surface area contributed by atoms with Crippen LogP contribution in [0.1, 0.15) is 43.2 Å². The van der Waals surface area contributed by atoms with Gasteiger partial charge in [-0.15, -0.1) is 0 Å². The van der Waals surface area contributed by atoms with Crippen molar-refractivity contribution in [3.05, 3.63) is 71.8 Å². The van der Waals surface area contributed by atoms with Crippen LogP contribution in [0.2, 0.25) is 0 Å². The van der Waals surface area contributed by atoms with Crippen molar-refractivity contribution in [2.75, 3.05) is 13.1 Å². The zero-order chi connectivity index (χ0) is 27.8. The number of aliphatic hydroxyl groups is 3. The van der Waals surface area contributed by atoms with E-state index in [9.17, 15) is 30.0 Å². The van der Waals surface area contributed by atoms with E-state index in [1.54, 1.807) is 0 Å². The van der Waals surface area contributed by atoms with E-state index in [-0.39, 0.29) is 19.0 Å². The largest absolute Gasteiger partial charge is 0.465 e. The van der Waals surface area contributed by atoms with E-state index in [0.29, 0.717) is 25.2 Å². The Bertz CT molecular complexity index is 1070. The molecule has 9 heteroatoms. The highest BCUT2D eigenvalue weighted by atomic mass is 16.4. The average Bonchev–Trinajstić information content (AvgIpc) is 3.53. The molecular weight excluding hydrogens is 498 g/mol. The summed E-state index contributed by atoms with van der Waals surface area (Å²) in [6.07, 6.45) is 1.59. The van der Waals surface area contributed by atoms with Crippen LogP contribution in [0.25, 0.3) is 0 Å². The second-order valence-corrected chi connectivity index (χ2v) is 11.1. The highest BCUT2D eigenvalue weighted by Gasteiger charge is 2.54. The molecule has 2 aliphatic carbocycles. The second kappa shape index (κ2) is 13.4. The molecule has 0 bridgehead atoms. The van der Waals surface area contributed by atoms with Crippen LogP contribution in [0, 0.1) is 11.8 Å². The van der Waals surface area contributed by atoms with E-state index in [0.717, 1.165) is 36.8 Å². The second-order valence-electron chi connectivity index (χ2n) is 11.1. The standard InChI is InChI=1S/C30H41N3O6/c34-26(18-31-19-27(35)25(33-29(37)38)17-21-10-5-2-6-11-21)24(16-20-8-3-1-4-9-20)32-28(36)30(39)15-14-22-12-7-13-23(22)30/h1-6,8-11,22-27,31,33-35,39H,7,12-19H2,(H,32,36)(H,37,38)/t22?,23?,24-,25-,26?,27+,30?/m0/s1. The monoisotopic (exact) mass is 539 g/mol. The van der Waals surface area contributed by atoms with Gasteiger partial charge in [0.1, 0.15) is 5.60 Å². The number of hydrogen-bond acceptors (Lipinski definition) is 6. The summed E-state index contributed by atoms with van der Waals surface area (Å²) in [5.41, 5.74) is 0.412. The molecule has 212 valence electrons. The van der Waals surface area contributed by atoms with Gasteiger partial charge in [-0.3, -0.25) is 4.79 Å². The van der Waals surface area contributed by atoms with Gasteiger partial charge in [-0.05, 0) is 55.1 Å². The van der Waals surface area contributed by atoms with Gasteiger partial charge in [0.25, 0.3) is 5.91 Å². The van der Waals surface area contributed by atoms with Gasteiger partial charge in [-0.25, -0.2) is 4.79 Å². The Morgan fingerprint density at radius 2 is 1.36 bits per heavy atom. The van der Waals surface area contributed by atoms with Crippen molar-refractivity contribution < 1.29 is 30.0 Å². The summed E-state index contributed by atoms with van der Waals surface area (Å²) in [5.74, 6) is -0.0845. The molecule has 0 saturated heterocycles. The van der Waals surface area contributed by atoms with Gasteiger partial charge in [0.2, 0.25) is 0 Å². The molecule has 9 nitrogen and oxygen atoms in total. The lowest BCUT2D eigenvalue weighted by Gasteiger charge is -2.32. The summed E-state index contributed by atoms with van der Waals surface area (Å²) in [6.45, 7) is 0.0962. The first kappa shape index (κ1) is 29.0. The molecule has 2 amide bonds. The van der Waals surface area contributed by atoms with E-state index in [1.807, 2.05) is 60.7 Å². The molecule has 0 spiro atoms. The fourth-order valence-electron chi connectivity index (χ4n) is 6.30. The molecule has 2 aromatic carbocycles. The van der Waals surface area contributed by atoms with E-state index in [1.165, 1.54) is 0 Å². The normalized spacial score (nSPS) is 25.3. The van der Waals surface area contributed by atoms with Gasteiger partial charge in [-0.1, -0.05) is 73.5 Å². The maximum absolute atomic E-state index is 13.4. The molecule has 0 radical (unpaired) electrons. The number of amides is 2. The number of fused-ring (bicyclic) bond motifs is 1. The van der Waals surface area contributed by atoms with Crippen LogP contribution in [-0.2, 0) is 17.6 Å². The maximum Gasteiger partial charge on any atom is 0.404 e. The predicted molar refractivity (Wildman–Crippen MR) is 147 cm³/mol. The molecule has 7 atom stereocenters. The Hall–Kier alpha value is -2.98. The number of hydrogen-bond donors (Lipinski definition) is 7. The molecule has 2 saturated carbocycles. The summed E-state index contributed by atoms with van der Waals surface area (Å²) < 4.78 is 0. The van der Waals surface area contributed by atoms with Crippen molar-refractivity contribution in [2.45, 2.75) is 74.8 Å². The van der Waals surface area contributed by atoms with Crippen LogP contribution < -0.4 is 16.0 Å². The third-order valence-corrected chi connectivity index (χ3v) is 8.42. The highest BCUT2D eigenvalue weighted by molar-refractivity contribution is 5.86. The predicted octanol–water partition coefficient (Wildman–Crippen LogP) is 1.85. The third kappa shape index (κ3) is 7.57. The third-order valence-electron chi connectivity index (χ3n) is 8.42. The molecule has 0 heterocycles. The van der Waals surface area contributed by atoms with Crippen molar-refractivity contribution in [1.82, 2.24) is 16.0 Å². The Morgan fingerprint density at radius 1 is 0.821 bits per heavy atom. The fourth-order valence-corrected chi connectivity index (χ4v) is 6.30. The topological polar surface area (TPSA) is 151 Å². The maximum atomic E-state index is 13.4. The quantitative estimate of drug-likeness (QED) is 0.205. The molecule has 0 aliphatic heterocycles. The first-order valence-corrected chi connectivity index (χ1v) is 13.9. The zero-order valence-electron chi connectivity index (χ0n) is 22.2. The average molecular weight is 540 g/mol. The van der Waals surface area contributed by atoms with Crippen LogP contribution in [0.15, 0.2) is 60.7 Å². The molecule has 7 N–H and O–H groups in total. The smallest absolute Gasteiger partial charge is 0.404 e. The number of aliphatic hydroxyl groups excluding tert-OH is 2. The van der Waals surface area contributed by atoms with E-state index >= 15 is 0 Å². The van der Waals surface area contributed by atoms with E-state index in [4.69, 9.17) is 0 Å². The molecule has 0 aromatic heterocycles. The Labute approximate surface area is 229 Å². The SMILES string of the molecule is O=C(O)N[C@@H](Cc1ccccc1)[C@H](O)CNCC(O)[C@H](Cc1ccccc1)NC(=O)C1(O)CCC2CCCC21. The minimum absolute atomic E-state index is 0.0362. The van der Waals surface area contributed by atoms with Crippen molar-refractivity contribution in [2.24, 2.45) is 11.8 Å². The number of benzene rings is 2. The molecular formula is C30H41N3O6. The number of rotatable bonds is 13. The highest BCUT2D eigenvalue weighted by Crippen LogP contribution is 2.50.